The number of aliphatic carboxylic acids is 1. The second kappa shape index (κ2) is 5.48. The standard InChI is InChI=1S/C9H10FNO4S2/c10-6-3-1-2-4-8(6)17(14,15)11-7(5-16)9(12)13/h1-4,7,11,16H,5H2,(H,12,13). The van der Waals surface area contributed by atoms with Crippen molar-refractivity contribution in [3.05, 3.63) is 30.1 Å². The minimum absolute atomic E-state index is 0.233. The third-order valence-electron chi connectivity index (χ3n) is 1.90. The summed E-state index contributed by atoms with van der Waals surface area (Å²) in [5, 5.41) is 8.68. The van der Waals surface area contributed by atoms with E-state index in [1.807, 2.05) is 4.72 Å². The van der Waals surface area contributed by atoms with E-state index in [1.54, 1.807) is 0 Å². The zero-order chi connectivity index (χ0) is 13.1. The SMILES string of the molecule is O=C(O)C(CS)NS(=O)(=O)c1ccccc1F. The van der Waals surface area contributed by atoms with Crippen LogP contribution in [0.15, 0.2) is 29.2 Å². The lowest BCUT2D eigenvalue weighted by Gasteiger charge is -2.12. The predicted molar refractivity (Wildman–Crippen MR) is 62.0 cm³/mol. The Balaban J connectivity index is 3.05. The van der Waals surface area contributed by atoms with Crippen molar-refractivity contribution in [1.29, 1.82) is 0 Å². The molecule has 0 spiro atoms. The van der Waals surface area contributed by atoms with Gasteiger partial charge < -0.3 is 5.11 Å². The Bertz CT molecular complexity index is 517. The van der Waals surface area contributed by atoms with Crippen LogP contribution in [0.5, 0.6) is 0 Å². The van der Waals surface area contributed by atoms with Gasteiger partial charge in [-0.3, -0.25) is 4.79 Å². The summed E-state index contributed by atoms with van der Waals surface area (Å²) in [5.41, 5.74) is 0. The van der Waals surface area contributed by atoms with Gasteiger partial charge in [0, 0.05) is 5.75 Å². The van der Waals surface area contributed by atoms with E-state index < -0.39 is 32.7 Å². The van der Waals surface area contributed by atoms with Crippen molar-refractivity contribution >= 4 is 28.6 Å². The first-order chi connectivity index (χ1) is 7.88. The molecule has 1 unspecified atom stereocenters. The van der Waals surface area contributed by atoms with Crippen molar-refractivity contribution in [1.82, 2.24) is 4.72 Å². The molecule has 0 radical (unpaired) electrons. The molecule has 2 N–H and O–H groups in total. The molecule has 1 aromatic rings. The molecule has 0 saturated heterocycles. The normalized spacial score (nSPS) is 13.3. The van der Waals surface area contributed by atoms with Gasteiger partial charge in [0.25, 0.3) is 0 Å². The quantitative estimate of drug-likeness (QED) is 0.685. The molecule has 0 amide bonds. The van der Waals surface area contributed by atoms with Crippen LogP contribution in [0.1, 0.15) is 0 Å². The van der Waals surface area contributed by atoms with E-state index in [2.05, 4.69) is 12.6 Å². The summed E-state index contributed by atoms with van der Waals surface area (Å²) >= 11 is 3.70. The lowest BCUT2D eigenvalue weighted by atomic mass is 10.3. The molecule has 1 aromatic carbocycles. The van der Waals surface area contributed by atoms with Crippen molar-refractivity contribution in [3.8, 4) is 0 Å². The van der Waals surface area contributed by atoms with Gasteiger partial charge in [-0.15, -0.1) is 0 Å². The van der Waals surface area contributed by atoms with E-state index in [0.29, 0.717) is 0 Å². The second-order valence-corrected chi connectivity index (χ2v) is 5.17. The number of nitrogens with one attached hydrogen (secondary N) is 1. The first-order valence-electron chi connectivity index (χ1n) is 4.49. The number of carbonyl (C=O) groups is 1. The molecule has 17 heavy (non-hydrogen) atoms. The third kappa shape index (κ3) is 3.42. The van der Waals surface area contributed by atoms with Gasteiger partial charge in [-0.1, -0.05) is 12.1 Å². The van der Waals surface area contributed by atoms with Gasteiger partial charge in [0.05, 0.1) is 0 Å². The number of carboxylic acids is 1. The maximum absolute atomic E-state index is 13.3. The molecule has 8 heteroatoms. The zero-order valence-electron chi connectivity index (χ0n) is 8.50. The molecule has 1 rings (SSSR count). The first kappa shape index (κ1) is 13.9. The summed E-state index contributed by atoms with van der Waals surface area (Å²) < 4.78 is 38.5. The van der Waals surface area contributed by atoms with E-state index in [-0.39, 0.29) is 5.75 Å². The summed E-state index contributed by atoms with van der Waals surface area (Å²) in [6.07, 6.45) is 0. The van der Waals surface area contributed by atoms with Gasteiger partial charge >= 0.3 is 5.97 Å². The Morgan fingerprint density at radius 2 is 2.06 bits per heavy atom. The molecule has 94 valence electrons. The Morgan fingerprint density at radius 1 is 1.47 bits per heavy atom. The highest BCUT2D eigenvalue weighted by molar-refractivity contribution is 7.89. The monoisotopic (exact) mass is 279 g/mol. The number of halogens is 1. The Labute approximate surface area is 103 Å². The third-order valence-corrected chi connectivity index (χ3v) is 3.77. The molecule has 1 atom stereocenters. The molecule has 5 nitrogen and oxygen atoms in total. The van der Waals surface area contributed by atoms with E-state index in [0.717, 1.165) is 12.1 Å². The molecular formula is C9H10FNO4S2. The van der Waals surface area contributed by atoms with Crippen LogP contribution in [-0.4, -0.2) is 31.3 Å². The van der Waals surface area contributed by atoms with Crippen LogP contribution in [0, 0.1) is 5.82 Å². The Hall–Kier alpha value is -1.12. The Morgan fingerprint density at radius 3 is 2.53 bits per heavy atom. The molecule has 0 aromatic heterocycles. The number of carboxylic acid groups (broad SMARTS) is 1. The first-order valence-corrected chi connectivity index (χ1v) is 6.60. The van der Waals surface area contributed by atoms with Gasteiger partial charge in [-0.05, 0) is 12.1 Å². The van der Waals surface area contributed by atoms with Crippen molar-refractivity contribution in [2.45, 2.75) is 10.9 Å². The number of hydrogen-bond acceptors (Lipinski definition) is 4. The fraction of sp³-hybridized carbons (Fsp3) is 0.222. The molecule has 0 fully saturated rings. The average molecular weight is 279 g/mol. The molecule has 0 aliphatic heterocycles. The van der Waals surface area contributed by atoms with E-state index in [9.17, 15) is 17.6 Å². The lowest BCUT2D eigenvalue weighted by molar-refractivity contribution is -0.138. The average Bonchev–Trinajstić information content (AvgIpc) is 2.26. The van der Waals surface area contributed by atoms with Crippen LogP contribution >= 0.6 is 12.6 Å². The molecule has 0 aliphatic carbocycles. The van der Waals surface area contributed by atoms with Crippen LogP contribution in [0.3, 0.4) is 0 Å². The fourth-order valence-electron chi connectivity index (χ4n) is 1.08. The maximum Gasteiger partial charge on any atom is 0.322 e. The maximum atomic E-state index is 13.3. The highest BCUT2D eigenvalue weighted by atomic mass is 32.2. The van der Waals surface area contributed by atoms with Gasteiger partial charge in [-0.25, -0.2) is 12.8 Å². The summed E-state index contributed by atoms with van der Waals surface area (Å²) in [4.78, 5) is 10.1. The number of sulfonamides is 1. The van der Waals surface area contributed by atoms with Gasteiger partial charge in [0.2, 0.25) is 10.0 Å². The molecule has 0 aliphatic rings. The summed E-state index contributed by atoms with van der Waals surface area (Å²) in [6, 6.07) is 3.30. The summed E-state index contributed by atoms with van der Waals surface area (Å²) in [5.74, 6) is -2.55. The predicted octanol–water partition coefficient (Wildman–Crippen LogP) is 0.487. The molecule has 0 heterocycles. The van der Waals surface area contributed by atoms with E-state index >= 15 is 0 Å². The zero-order valence-corrected chi connectivity index (χ0v) is 10.2. The summed E-state index contributed by atoms with van der Waals surface area (Å²) in [6.45, 7) is 0. The van der Waals surface area contributed by atoms with Crippen LogP contribution < -0.4 is 4.72 Å². The largest absolute Gasteiger partial charge is 0.480 e. The van der Waals surface area contributed by atoms with Crippen molar-refractivity contribution in [3.63, 3.8) is 0 Å². The van der Waals surface area contributed by atoms with Crippen LogP contribution in [0.25, 0.3) is 0 Å². The van der Waals surface area contributed by atoms with E-state index in [4.69, 9.17) is 5.11 Å². The van der Waals surface area contributed by atoms with E-state index in [1.165, 1.54) is 12.1 Å². The van der Waals surface area contributed by atoms with Crippen LogP contribution in [0.4, 0.5) is 4.39 Å². The van der Waals surface area contributed by atoms with Crippen molar-refractivity contribution < 1.29 is 22.7 Å². The summed E-state index contributed by atoms with van der Waals surface area (Å²) in [7, 11) is -4.20. The minimum atomic E-state index is -4.20. The van der Waals surface area contributed by atoms with Gasteiger partial charge in [0.15, 0.2) is 0 Å². The Kier molecular flexibility index (Phi) is 4.49. The minimum Gasteiger partial charge on any atom is -0.480 e. The van der Waals surface area contributed by atoms with Crippen molar-refractivity contribution in [2.24, 2.45) is 0 Å². The molecule has 0 bridgehead atoms. The topological polar surface area (TPSA) is 83.5 Å². The number of rotatable bonds is 5. The van der Waals surface area contributed by atoms with Crippen LogP contribution in [0.2, 0.25) is 0 Å². The second-order valence-electron chi connectivity index (χ2n) is 3.13. The number of benzene rings is 1. The van der Waals surface area contributed by atoms with Crippen molar-refractivity contribution in [2.75, 3.05) is 5.75 Å². The highest BCUT2D eigenvalue weighted by Crippen LogP contribution is 2.13. The molecular weight excluding hydrogens is 269 g/mol. The van der Waals surface area contributed by atoms with Gasteiger partial charge in [-0.2, -0.15) is 17.4 Å². The highest BCUT2D eigenvalue weighted by Gasteiger charge is 2.26. The molecule has 0 saturated carbocycles. The fourth-order valence-corrected chi connectivity index (χ4v) is 2.72. The van der Waals surface area contributed by atoms with Gasteiger partial charge in [0.1, 0.15) is 16.8 Å². The number of thiol groups is 1. The lowest BCUT2D eigenvalue weighted by Crippen LogP contribution is -2.42. The smallest absolute Gasteiger partial charge is 0.322 e. The number of hydrogen-bond donors (Lipinski definition) is 3. The van der Waals surface area contributed by atoms with Crippen LogP contribution in [-0.2, 0) is 14.8 Å².